The fraction of sp³-hybridized carbons (Fsp3) is 0.150. The second kappa shape index (κ2) is 7.43. The third kappa shape index (κ3) is 3.43. The molecule has 2 aromatic carbocycles. The van der Waals surface area contributed by atoms with Gasteiger partial charge < -0.3 is 14.5 Å². The Kier molecular flexibility index (Phi) is 4.86. The molecule has 0 fully saturated rings. The Bertz CT molecular complexity index is 1050. The first-order valence-electron chi connectivity index (χ1n) is 8.14. The first-order valence-corrected chi connectivity index (χ1v) is 10.2. The van der Waals surface area contributed by atoms with Crippen molar-refractivity contribution in [2.45, 2.75) is 5.75 Å². The Hall–Kier alpha value is -2.44. The monoisotopic (exact) mass is 383 g/mol. The first-order chi connectivity index (χ1) is 12.7. The minimum absolute atomic E-state index is 0.0553. The van der Waals surface area contributed by atoms with Crippen LogP contribution in [0.5, 0.6) is 5.75 Å². The smallest absolute Gasteiger partial charge is 0.234 e. The molecule has 0 atom stereocenters. The van der Waals surface area contributed by atoms with Crippen molar-refractivity contribution >= 4 is 56.6 Å². The van der Waals surface area contributed by atoms with Gasteiger partial charge in [-0.15, -0.1) is 23.1 Å². The predicted octanol–water partition coefficient (Wildman–Crippen LogP) is 5.53. The number of furan rings is 1. The van der Waals surface area contributed by atoms with E-state index in [2.05, 4.69) is 11.4 Å². The molecule has 0 saturated carbocycles. The number of hydrogen-bond acceptors (Lipinski definition) is 5. The van der Waals surface area contributed by atoms with Gasteiger partial charge in [0.05, 0.1) is 18.6 Å². The Morgan fingerprint density at radius 3 is 2.85 bits per heavy atom. The molecular weight excluding hydrogens is 366 g/mol. The lowest BCUT2D eigenvalue weighted by molar-refractivity contribution is -0.113. The number of thiophene rings is 1. The van der Waals surface area contributed by atoms with Gasteiger partial charge in [0.2, 0.25) is 5.91 Å². The number of para-hydroxylation sites is 1. The van der Waals surface area contributed by atoms with Crippen LogP contribution in [0.4, 0.5) is 5.69 Å². The fourth-order valence-electron chi connectivity index (χ4n) is 2.84. The maximum atomic E-state index is 12.3. The molecule has 4 aromatic rings. The van der Waals surface area contributed by atoms with Gasteiger partial charge in [-0.3, -0.25) is 4.79 Å². The summed E-state index contributed by atoms with van der Waals surface area (Å²) in [6.45, 7) is 0. The summed E-state index contributed by atoms with van der Waals surface area (Å²) in [5, 5.41) is 6.99. The molecule has 0 saturated heterocycles. The van der Waals surface area contributed by atoms with E-state index >= 15 is 0 Å². The van der Waals surface area contributed by atoms with Gasteiger partial charge in [0, 0.05) is 27.5 Å². The van der Waals surface area contributed by atoms with Gasteiger partial charge in [-0.1, -0.05) is 24.3 Å². The van der Waals surface area contributed by atoms with E-state index in [1.54, 1.807) is 30.2 Å². The predicted molar refractivity (Wildman–Crippen MR) is 109 cm³/mol. The Balaban J connectivity index is 1.53. The van der Waals surface area contributed by atoms with Crippen LogP contribution in [0.15, 0.2) is 58.3 Å². The summed E-state index contributed by atoms with van der Waals surface area (Å²) in [5.74, 6) is 1.80. The van der Waals surface area contributed by atoms with E-state index in [1.807, 2.05) is 47.8 Å². The van der Waals surface area contributed by atoms with Crippen molar-refractivity contribution in [3.63, 3.8) is 0 Å². The van der Waals surface area contributed by atoms with Gasteiger partial charge in [0.25, 0.3) is 0 Å². The second-order valence-corrected chi connectivity index (χ2v) is 7.79. The Morgan fingerprint density at radius 1 is 1.15 bits per heavy atom. The number of benzene rings is 2. The number of rotatable bonds is 6. The molecule has 0 unspecified atom stereocenters. The van der Waals surface area contributed by atoms with Crippen molar-refractivity contribution in [1.82, 2.24) is 0 Å². The van der Waals surface area contributed by atoms with Gasteiger partial charge in [-0.25, -0.2) is 0 Å². The quantitative estimate of drug-likeness (QED) is 0.476. The summed E-state index contributed by atoms with van der Waals surface area (Å²) in [7, 11) is 1.60. The zero-order chi connectivity index (χ0) is 17.9. The highest BCUT2D eigenvalue weighted by Crippen LogP contribution is 2.36. The molecule has 0 aliphatic carbocycles. The number of hydrogen-bond donors (Lipinski definition) is 1. The third-order valence-electron chi connectivity index (χ3n) is 4.03. The molecule has 26 heavy (non-hydrogen) atoms. The molecule has 4 rings (SSSR count). The number of ether oxygens (including phenoxy) is 1. The number of methoxy groups -OCH3 is 1. The maximum Gasteiger partial charge on any atom is 0.234 e. The van der Waals surface area contributed by atoms with Crippen LogP contribution in [0.2, 0.25) is 0 Å². The molecule has 0 spiro atoms. The number of carbonyl (C=O) groups excluding carboxylic acids is 1. The number of nitrogens with one attached hydrogen (secondary N) is 1. The van der Waals surface area contributed by atoms with Crippen molar-refractivity contribution in [1.29, 1.82) is 0 Å². The summed E-state index contributed by atoms with van der Waals surface area (Å²) in [5.41, 5.74) is 2.17. The van der Waals surface area contributed by atoms with Crippen molar-refractivity contribution in [2.75, 3.05) is 18.2 Å². The lowest BCUT2D eigenvalue weighted by Crippen LogP contribution is -2.14. The fourth-order valence-corrected chi connectivity index (χ4v) is 4.51. The van der Waals surface area contributed by atoms with Gasteiger partial charge in [0.15, 0.2) is 0 Å². The zero-order valence-corrected chi connectivity index (χ0v) is 15.8. The standard InChI is InChI=1S/C20H17NO3S2/c1-23-19-9-15-14-6-2-3-7-17(14)24-18(15)10-16(19)21-20(22)12-25-11-13-5-4-8-26-13/h2-10H,11-12H2,1H3,(H,21,22). The van der Waals surface area contributed by atoms with E-state index < -0.39 is 0 Å². The molecule has 4 nitrogen and oxygen atoms in total. The minimum Gasteiger partial charge on any atom is -0.495 e. The SMILES string of the molecule is COc1cc2c(cc1NC(=O)CSCc1cccs1)oc1ccccc12. The summed E-state index contributed by atoms with van der Waals surface area (Å²) in [4.78, 5) is 13.6. The molecule has 6 heteroatoms. The van der Waals surface area contributed by atoms with Gasteiger partial charge >= 0.3 is 0 Å². The number of carbonyl (C=O) groups is 1. The highest BCUT2D eigenvalue weighted by Gasteiger charge is 2.14. The molecule has 0 radical (unpaired) electrons. The molecule has 1 N–H and O–H groups in total. The summed E-state index contributed by atoms with van der Waals surface area (Å²) in [6.07, 6.45) is 0. The normalized spacial score (nSPS) is 11.1. The van der Waals surface area contributed by atoms with Gasteiger partial charge in [-0.05, 0) is 23.6 Å². The Morgan fingerprint density at radius 2 is 2.04 bits per heavy atom. The van der Waals surface area contributed by atoms with E-state index in [1.165, 1.54) is 4.88 Å². The van der Waals surface area contributed by atoms with E-state index in [0.717, 1.165) is 27.7 Å². The highest BCUT2D eigenvalue weighted by atomic mass is 32.2. The molecule has 0 aliphatic rings. The summed E-state index contributed by atoms with van der Waals surface area (Å²) >= 11 is 3.30. The topological polar surface area (TPSA) is 51.5 Å². The Labute approximate surface area is 159 Å². The molecule has 2 heterocycles. The highest BCUT2D eigenvalue weighted by molar-refractivity contribution is 7.99. The van der Waals surface area contributed by atoms with E-state index in [0.29, 0.717) is 17.2 Å². The van der Waals surface area contributed by atoms with E-state index in [9.17, 15) is 4.79 Å². The average molecular weight is 383 g/mol. The maximum absolute atomic E-state index is 12.3. The van der Waals surface area contributed by atoms with Crippen LogP contribution in [-0.2, 0) is 10.5 Å². The van der Waals surface area contributed by atoms with Crippen LogP contribution < -0.4 is 10.1 Å². The van der Waals surface area contributed by atoms with Crippen LogP contribution in [-0.4, -0.2) is 18.8 Å². The molecule has 2 aromatic heterocycles. The lowest BCUT2D eigenvalue weighted by Gasteiger charge is -2.10. The summed E-state index contributed by atoms with van der Waals surface area (Å²) < 4.78 is 11.4. The van der Waals surface area contributed by atoms with Crippen LogP contribution in [0.1, 0.15) is 4.88 Å². The second-order valence-electron chi connectivity index (χ2n) is 5.77. The van der Waals surface area contributed by atoms with Crippen molar-refractivity contribution in [3.05, 3.63) is 58.8 Å². The first kappa shape index (κ1) is 17.0. The number of fused-ring (bicyclic) bond motifs is 3. The minimum atomic E-state index is -0.0553. The number of thioether (sulfide) groups is 1. The summed E-state index contributed by atoms with van der Waals surface area (Å²) in [6, 6.07) is 15.7. The number of anilines is 1. The molecular formula is C20H17NO3S2. The van der Waals surface area contributed by atoms with E-state index in [-0.39, 0.29) is 5.91 Å². The van der Waals surface area contributed by atoms with Crippen molar-refractivity contribution in [2.24, 2.45) is 0 Å². The number of amides is 1. The lowest BCUT2D eigenvalue weighted by atomic mass is 10.1. The van der Waals surface area contributed by atoms with Gasteiger partial charge in [-0.2, -0.15) is 0 Å². The molecule has 1 amide bonds. The van der Waals surface area contributed by atoms with E-state index in [4.69, 9.17) is 9.15 Å². The molecule has 0 bridgehead atoms. The van der Waals surface area contributed by atoms with Crippen LogP contribution >= 0.6 is 23.1 Å². The van der Waals surface area contributed by atoms with Gasteiger partial charge in [0.1, 0.15) is 16.9 Å². The van der Waals surface area contributed by atoms with Crippen LogP contribution in [0.25, 0.3) is 21.9 Å². The van der Waals surface area contributed by atoms with Crippen LogP contribution in [0, 0.1) is 0 Å². The third-order valence-corrected chi connectivity index (χ3v) is 6.07. The zero-order valence-electron chi connectivity index (χ0n) is 14.2. The van der Waals surface area contributed by atoms with Crippen LogP contribution in [0.3, 0.4) is 0 Å². The van der Waals surface area contributed by atoms with Crippen molar-refractivity contribution in [3.8, 4) is 5.75 Å². The van der Waals surface area contributed by atoms with Crippen molar-refractivity contribution < 1.29 is 13.9 Å². The largest absolute Gasteiger partial charge is 0.495 e. The average Bonchev–Trinajstić information content (AvgIpc) is 3.28. The molecule has 132 valence electrons. The molecule has 0 aliphatic heterocycles.